The predicted octanol–water partition coefficient (Wildman–Crippen LogP) is 4.83. The Bertz CT molecular complexity index is 318. The summed E-state index contributed by atoms with van der Waals surface area (Å²) in [5.41, 5.74) is 0. The van der Waals surface area contributed by atoms with Gasteiger partial charge in [-0.2, -0.15) is 0 Å². The van der Waals surface area contributed by atoms with Gasteiger partial charge in [0.1, 0.15) is 13.0 Å². The van der Waals surface area contributed by atoms with Crippen molar-refractivity contribution in [1.82, 2.24) is 0 Å². The van der Waals surface area contributed by atoms with E-state index in [1.165, 1.54) is 4.90 Å². The SMILES string of the molecule is C[Si](C)(C)Oc1ccccc1S[Si](C)(C)C. The Morgan fingerprint density at radius 1 is 0.938 bits per heavy atom. The van der Waals surface area contributed by atoms with Gasteiger partial charge in [-0.1, -0.05) is 31.8 Å². The minimum atomic E-state index is -1.50. The van der Waals surface area contributed by atoms with E-state index in [2.05, 4.69) is 63.5 Å². The molecule has 0 aromatic heterocycles. The summed E-state index contributed by atoms with van der Waals surface area (Å²) in [6, 6.07) is 8.43. The highest BCUT2D eigenvalue weighted by atomic mass is 32.4. The molecule has 1 aromatic carbocycles. The summed E-state index contributed by atoms with van der Waals surface area (Å²) in [5, 5.41) is 0. The van der Waals surface area contributed by atoms with E-state index < -0.39 is 15.5 Å². The molecule has 0 aliphatic carbocycles. The lowest BCUT2D eigenvalue weighted by molar-refractivity contribution is 0.544. The fourth-order valence-electron chi connectivity index (χ4n) is 1.28. The lowest BCUT2D eigenvalue weighted by Gasteiger charge is -2.23. The monoisotopic (exact) mass is 270 g/mol. The Morgan fingerprint density at radius 3 is 2.00 bits per heavy atom. The molecule has 0 spiro atoms. The first-order valence-electron chi connectivity index (χ1n) is 5.64. The molecule has 1 aromatic rings. The normalized spacial score (nSPS) is 12.6. The van der Waals surface area contributed by atoms with Crippen molar-refractivity contribution in [2.24, 2.45) is 0 Å². The second-order valence-electron chi connectivity index (χ2n) is 5.88. The van der Waals surface area contributed by atoms with Gasteiger partial charge in [-0.3, -0.25) is 0 Å². The van der Waals surface area contributed by atoms with Gasteiger partial charge < -0.3 is 4.43 Å². The first-order chi connectivity index (χ1) is 7.17. The molecule has 16 heavy (non-hydrogen) atoms. The van der Waals surface area contributed by atoms with E-state index in [9.17, 15) is 0 Å². The molecule has 0 heterocycles. The molecule has 0 saturated heterocycles. The van der Waals surface area contributed by atoms with Crippen molar-refractivity contribution in [2.45, 2.75) is 44.2 Å². The van der Waals surface area contributed by atoms with E-state index in [0.29, 0.717) is 0 Å². The van der Waals surface area contributed by atoms with Gasteiger partial charge in [-0.25, -0.2) is 0 Å². The van der Waals surface area contributed by atoms with Crippen LogP contribution in [0, 0.1) is 0 Å². The van der Waals surface area contributed by atoms with E-state index in [1.807, 2.05) is 11.2 Å². The molecule has 0 bridgehead atoms. The van der Waals surface area contributed by atoms with Crippen molar-refractivity contribution in [3.63, 3.8) is 0 Å². The van der Waals surface area contributed by atoms with Crippen LogP contribution in [-0.4, -0.2) is 15.5 Å². The maximum Gasteiger partial charge on any atom is 0.242 e. The molecule has 0 aliphatic heterocycles. The lowest BCUT2D eigenvalue weighted by Crippen LogP contribution is -2.29. The molecule has 4 heteroatoms. The van der Waals surface area contributed by atoms with E-state index in [1.54, 1.807) is 0 Å². The van der Waals surface area contributed by atoms with Crippen molar-refractivity contribution in [1.29, 1.82) is 0 Å². The van der Waals surface area contributed by atoms with Gasteiger partial charge in [0, 0.05) is 4.90 Å². The van der Waals surface area contributed by atoms with Gasteiger partial charge >= 0.3 is 0 Å². The maximum absolute atomic E-state index is 6.12. The van der Waals surface area contributed by atoms with Crippen LogP contribution in [0.1, 0.15) is 0 Å². The van der Waals surface area contributed by atoms with Crippen LogP contribution in [0.4, 0.5) is 0 Å². The summed E-state index contributed by atoms with van der Waals surface area (Å²) < 4.78 is 6.12. The average Bonchev–Trinajstić information content (AvgIpc) is 2.03. The molecule has 0 saturated carbocycles. The Morgan fingerprint density at radius 2 is 1.50 bits per heavy atom. The predicted molar refractivity (Wildman–Crippen MR) is 79.6 cm³/mol. The van der Waals surface area contributed by atoms with E-state index in [0.717, 1.165) is 5.75 Å². The first-order valence-corrected chi connectivity index (χ1v) is 14.1. The summed E-state index contributed by atoms with van der Waals surface area (Å²) >= 11 is 2.00. The highest BCUT2D eigenvalue weighted by Gasteiger charge is 2.21. The van der Waals surface area contributed by atoms with Gasteiger partial charge in [0.25, 0.3) is 0 Å². The van der Waals surface area contributed by atoms with E-state index >= 15 is 0 Å². The molecule has 0 aliphatic rings. The first kappa shape index (κ1) is 13.9. The largest absolute Gasteiger partial charge is 0.544 e. The van der Waals surface area contributed by atoms with Crippen LogP contribution >= 0.6 is 11.2 Å². The summed E-state index contributed by atoms with van der Waals surface area (Å²) in [6.45, 7) is 13.8. The zero-order valence-corrected chi connectivity index (χ0v) is 13.9. The summed E-state index contributed by atoms with van der Waals surface area (Å²) in [5.74, 6) is 1.08. The fourth-order valence-corrected chi connectivity index (χ4v) is 5.69. The zero-order chi connectivity index (χ0) is 12.4. The molecule has 0 fully saturated rings. The third-order valence-corrected chi connectivity index (χ3v) is 6.18. The second-order valence-corrected chi connectivity index (χ2v) is 19.5. The van der Waals surface area contributed by atoms with Crippen LogP contribution in [0.3, 0.4) is 0 Å². The average molecular weight is 271 g/mol. The Labute approximate surface area is 105 Å². The van der Waals surface area contributed by atoms with Crippen molar-refractivity contribution in [3.05, 3.63) is 24.3 Å². The van der Waals surface area contributed by atoms with Crippen LogP contribution in [-0.2, 0) is 0 Å². The van der Waals surface area contributed by atoms with Gasteiger partial charge in [-0.05, 0) is 31.8 Å². The van der Waals surface area contributed by atoms with E-state index in [-0.39, 0.29) is 0 Å². The third-order valence-electron chi connectivity index (χ3n) is 1.68. The summed E-state index contributed by atoms with van der Waals surface area (Å²) in [6.07, 6.45) is 0. The molecular formula is C12H22OSSi2. The molecular weight excluding hydrogens is 248 g/mol. The van der Waals surface area contributed by atoms with Crippen LogP contribution < -0.4 is 4.43 Å². The number of hydrogen-bond donors (Lipinski definition) is 0. The summed E-state index contributed by atoms with van der Waals surface area (Å²) in [7, 11) is -2.66. The maximum atomic E-state index is 6.12. The number of benzene rings is 1. The van der Waals surface area contributed by atoms with Crippen molar-refractivity contribution < 1.29 is 4.43 Å². The van der Waals surface area contributed by atoms with Crippen LogP contribution in [0.15, 0.2) is 29.2 Å². The number of para-hydroxylation sites is 1. The molecule has 90 valence electrons. The number of hydrogen-bond acceptors (Lipinski definition) is 2. The molecule has 0 unspecified atom stereocenters. The Kier molecular flexibility index (Phi) is 4.31. The Balaban J connectivity index is 2.92. The standard InChI is InChI=1S/C12H22OSSi2/c1-15(2,3)13-11-9-7-8-10-12(11)14-16(4,5)6/h7-10H,1-6H3. The number of rotatable bonds is 4. The quantitative estimate of drug-likeness (QED) is 0.725. The van der Waals surface area contributed by atoms with Crippen LogP contribution in [0.2, 0.25) is 39.3 Å². The zero-order valence-electron chi connectivity index (χ0n) is 11.1. The molecule has 0 N–H and O–H groups in total. The van der Waals surface area contributed by atoms with Crippen molar-refractivity contribution >= 4 is 26.8 Å². The minimum absolute atomic E-state index is 1.08. The highest BCUT2D eigenvalue weighted by Crippen LogP contribution is 2.36. The van der Waals surface area contributed by atoms with Gasteiger partial charge in [0.15, 0.2) is 0 Å². The van der Waals surface area contributed by atoms with Gasteiger partial charge in [0.05, 0.1) is 0 Å². The topological polar surface area (TPSA) is 9.23 Å². The fraction of sp³-hybridized carbons (Fsp3) is 0.500. The van der Waals surface area contributed by atoms with Crippen molar-refractivity contribution in [2.75, 3.05) is 0 Å². The molecule has 0 amide bonds. The highest BCUT2D eigenvalue weighted by molar-refractivity contribution is 8.28. The second kappa shape index (κ2) is 4.98. The molecule has 0 radical (unpaired) electrons. The van der Waals surface area contributed by atoms with Crippen molar-refractivity contribution in [3.8, 4) is 5.75 Å². The minimum Gasteiger partial charge on any atom is -0.544 e. The van der Waals surface area contributed by atoms with E-state index in [4.69, 9.17) is 4.43 Å². The van der Waals surface area contributed by atoms with Gasteiger partial charge in [0.2, 0.25) is 8.32 Å². The summed E-state index contributed by atoms with van der Waals surface area (Å²) in [4.78, 5) is 1.31. The van der Waals surface area contributed by atoms with Crippen LogP contribution in [0.5, 0.6) is 5.75 Å². The molecule has 1 rings (SSSR count). The third kappa shape index (κ3) is 5.23. The smallest absolute Gasteiger partial charge is 0.242 e. The molecule has 1 nitrogen and oxygen atoms in total. The lowest BCUT2D eigenvalue weighted by atomic mass is 10.3. The molecule has 0 atom stereocenters. The Hall–Kier alpha value is -0.196. The van der Waals surface area contributed by atoms with Crippen LogP contribution in [0.25, 0.3) is 0 Å². The van der Waals surface area contributed by atoms with Gasteiger partial charge in [-0.15, -0.1) is 11.2 Å².